The van der Waals surface area contributed by atoms with Crippen molar-refractivity contribution < 1.29 is 14.3 Å². The minimum absolute atomic E-state index is 0.0936. The molecule has 1 aliphatic heterocycles. The van der Waals surface area contributed by atoms with E-state index in [0.717, 1.165) is 11.1 Å². The maximum Gasteiger partial charge on any atom is 0.338 e. The van der Waals surface area contributed by atoms with Crippen molar-refractivity contribution in [2.45, 2.75) is 13.1 Å². The third-order valence-electron chi connectivity index (χ3n) is 3.24. The Bertz CT molecular complexity index is 633. The van der Waals surface area contributed by atoms with E-state index < -0.39 is 11.8 Å². The Balaban J connectivity index is 1.98. The number of carboxylic acids is 1. The van der Waals surface area contributed by atoms with Gasteiger partial charge in [0.1, 0.15) is 5.56 Å². The molecule has 0 saturated carbocycles. The van der Waals surface area contributed by atoms with Gasteiger partial charge in [0.2, 0.25) is 0 Å². The Kier molecular flexibility index (Phi) is 2.67. The Hall–Kier alpha value is -2.43. The fraction of sp³-hybridized carbons (Fsp3) is 0.143. The molecule has 2 heterocycles. The Labute approximate surface area is 109 Å². The molecule has 0 atom stereocenters. The Morgan fingerprint density at radius 1 is 1.21 bits per heavy atom. The lowest BCUT2D eigenvalue weighted by Crippen LogP contribution is -2.19. The van der Waals surface area contributed by atoms with Gasteiger partial charge in [-0.3, -0.25) is 0 Å². The molecule has 1 aromatic carbocycles. The third kappa shape index (κ3) is 1.93. The molecule has 0 spiro atoms. The zero-order valence-electron chi connectivity index (χ0n) is 10.0. The molecular formula is C14H11FN2O2. The minimum Gasteiger partial charge on any atom is -0.478 e. The number of hydrogen-bond acceptors (Lipinski definition) is 3. The fourth-order valence-corrected chi connectivity index (χ4v) is 2.30. The number of nitrogens with zero attached hydrogens (tertiary/aromatic N) is 2. The van der Waals surface area contributed by atoms with Crippen molar-refractivity contribution in [1.29, 1.82) is 0 Å². The van der Waals surface area contributed by atoms with E-state index in [1.165, 1.54) is 12.3 Å². The number of fused-ring (bicyclic) bond motifs is 1. The first-order valence-corrected chi connectivity index (χ1v) is 5.86. The third-order valence-corrected chi connectivity index (χ3v) is 3.24. The molecule has 19 heavy (non-hydrogen) atoms. The van der Waals surface area contributed by atoms with Crippen LogP contribution in [0, 0.1) is 5.82 Å². The van der Waals surface area contributed by atoms with E-state index in [-0.39, 0.29) is 11.4 Å². The summed E-state index contributed by atoms with van der Waals surface area (Å²) in [5, 5.41) is 8.92. The molecule has 1 N–H and O–H groups in total. The highest BCUT2D eigenvalue weighted by molar-refractivity contribution is 5.88. The highest BCUT2D eigenvalue weighted by Crippen LogP contribution is 2.29. The molecule has 3 rings (SSSR count). The number of aromatic nitrogens is 1. The second-order valence-corrected chi connectivity index (χ2v) is 4.43. The van der Waals surface area contributed by atoms with Crippen molar-refractivity contribution in [3.8, 4) is 0 Å². The normalized spacial score (nSPS) is 13.4. The van der Waals surface area contributed by atoms with Gasteiger partial charge in [-0.05, 0) is 17.2 Å². The average Bonchev–Trinajstić information content (AvgIpc) is 2.82. The van der Waals surface area contributed by atoms with Gasteiger partial charge in [-0.15, -0.1) is 0 Å². The standard InChI is InChI=1S/C14H11FN2O2/c15-12-11(14(18)19)5-6-16-13(12)17-7-9-3-1-2-4-10(9)8-17/h1-6H,7-8H2,(H,18,19). The van der Waals surface area contributed by atoms with Gasteiger partial charge in [-0.25, -0.2) is 14.2 Å². The summed E-state index contributed by atoms with van der Waals surface area (Å²) in [6.07, 6.45) is 1.32. The molecule has 0 unspecified atom stereocenters. The summed E-state index contributed by atoms with van der Waals surface area (Å²) in [5.74, 6) is -1.96. The van der Waals surface area contributed by atoms with Crippen molar-refractivity contribution >= 4 is 11.8 Å². The van der Waals surface area contributed by atoms with Crippen LogP contribution >= 0.6 is 0 Å². The van der Waals surface area contributed by atoms with Crippen LogP contribution < -0.4 is 4.90 Å². The van der Waals surface area contributed by atoms with Crippen molar-refractivity contribution in [3.63, 3.8) is 0 Å². The summed E-state index contributed by atoms with van der Waals surface area (Å²) < 4.78 is 14.1. The van der Waals surface area contributed by atoms with Crippen LogP contribution in [0.2, 0.25) is 0 Å². The molecule has 4 nitrogen and oxygen atoms in total. The lowest BCUT2D eigenvalue weighted by molar-refractivity contribution is 0.0691. The molecule has 1 aliphatic rings. The number of anilines is 1. The van der Waals surface area contributed by atoms with Gasteiger partial charge in [-0.2, -0.15) is 0 Å². The predicted octanol–water partition coefficient (Wildman–Crippen LogP) is 2.44. The van der Waals surface area contributed by atoms with Gasteiger partial charge in [0.15, 0.2) is 11.6 Å². The average molecular weight is 258 g/mol. The van der Waals surface area contributed by atoms with Crippen LogP contribution in [0.1, 0.15) is 21.5 Å². The first-order valence-electron chi connectivity index (χ1n) is 5.86. The number of carboxylic acid groups (broad SMARTS) is 1. The number of aromatic carboxylic acids is 1. The number of pyridine rings is 1. The van der Waals surface area contributed by atoms with Gasteiger partial charge < -0.3 is 10.0 Å². The van der Waals surface area contributed by atoms with Crippen molar-refractivity contribution in [2.75, 3.05) is 4.90 Å². The van der Waals surface area contributed by atoms with Crippen LogP contribution in [0.5, 0.6) is 0 Å². The van der Waals surface area contributed by atoms with Crippen LogP contribution in [0.4, 0.5) is 10.2 Å². The number of carbonyl (C=O) groups is 1. The number of halogens is 1. The lowest BCUT2D eigenvalue weighted by atomic mass is 10.1. The van der Waals surface area contributed by atoms with Crippen LogP contribution in [0.15, 0.2) is 36.5 Å². The molecule has 1 aromatic heterocycles. The van der Waals surface area contributed by atoms with E-state index in [0.29, 0.717) is 13.1 Å². The molecule has 2 aromatic rings. The fourth-order valence-electron chi connectivity index (χ4n) is 2.30. The first-order chi connectivity index (χ1) is 9.16. The molecule has 0 bridgehead atoms. The van der Waals surface area contributed by atoms with Crippen LogP contribution in [-0.4, -0.2) is 16.1 Å². The van der Waals surface area contributed by atoms with E-state index in [1.807, 2.05) is 24.3 Å². The molecule has 0 fully saturated rings. The zero-order chi connectivity index (χ0) is 13.4. The van der Waals surface area contributed by atoms with E-state index in [2.05, 4.69) is 4.98 Å². The van der Waals surface area contributed by atoms with Crippen molar-refractivity contribution in [1.82, 2.24) is 4.98 Å². The predicted molar refractivity (Wildman–Crippen MR) is 67.5 cm³/mol. The maximum atomic E-state index is 14.1. The van der Waals surface area contributed by atoms with Gasteiger partial charge in [0, 0.05) is 19.3 Å². The van der Waals surface area contributed by atoms with Crippen LogP contribution in [0.3, 0.4) is 0 Å². The van der Waals surface area contributed by atoms with E-state index in [1.54, 1.807) is 4.90 Å². The van der Waals surface area contributed by atoms with Gasteiger partial charge in [-0.1, -0.05) is 24.3 Å². The zero-order valence-corrected chi connectivity index (χ0v) is 10.0. The largest absolute Gasteiger partial charge is 0.478 e. The topological polar surface area (TPSA) is 53.4 Å². The lowest BCUT2D eigenvalue weighted by Gasteiger charge is -2.17. The molecule has 0 aliphatic carbocycles. The van der Waals surface area contributed by atoms with Crippen LogP contribution in [0.25, 0.3) is 0 Å². The molecule has 5 heteroatoms. The summed E-state index contributed by atoms with van der Waals surface area (Å²) in [4.78, 5) is 16.6. The minimum atomic E-state index is -1.28. The van der Waals surface area contributed by atoms with Gasteiger partial charge >= 0.3 is 5.97 Å². The first kappa shape index (κ1) is 11.6. The van der Waals surface area contributed by atoms with E-state index in [9.17, 15) is 9.18 Å². The highest BCUT2D eigenvalue weighted by Gasteiger charge is 2.24. The molecule has 0 saturated heterocycles. The summed E-state index contributed by atoms with van der Waals surface area (Å²) in [6, 6.07) is 8.99. The van der Waals surface area contributed by atoms with E-state index >= 15 is 0 Å². The monoisotopic (exact) mass is 258 g/mol. The SMILES string of the molecule is O=C(O)c1ccnc(N2Cc3ccccc3C2)c1F. The van der Waals surface area contributed by atoms with Gasteiger partial charge in [0.25, 0.3) is 0 Å². The van der Waals surface area contributed by atoms with Gasteiger partial charge in [0.05, 0.1) is 0 Å². The number of benzene rings is 1. The van der Waals surface area contributed by atoms with Crippen molar-refractivity contribution in [3.05, 3.63) is 59.0 Å². The highest BCUT2D eigenvalue weighted by atomic mass is 19.1. The van der Waals surface area contributed by atoms with E-state index in [4.69, 9.17) is 5.11 Å². The smallest absolute Gasteiger partial charge is 0.338 e. The summed E-state index contributed by atoms with van der Waals surface area (Å²) in [7, 11) is 0. The van der Waals surface area contributed by atoms with Crippen LogP contribution in [-0.2, 0) is 13.1 Å². The second-order valence-electron chi connectivity index (χ2n) is 4.43. The summed E-state index contributed by atoms with van der Waals surface area (Å²) in [6.45, 7) is 1.09. The second kappa shape index (κ2) is 4.35. The number of rotatable bonds is 2. The Morgan fingerprint density at radius 3 is 2.42 bits per heavy atom. The van der Waals surface area contributed by atoms with Crippen molar-refractivity contribution in [2.24, 2.45) is 0 Å². The summed E-state index contributed by atoms with van der Waals surface area (Å²) in [5.41, 5.74) is 1.88. The molecular weight excluding hydrogens is 247 g/mol. The summed E-state index contributed by atoms with van der Waals surface area (Å²) >= 11 is 0. The quantitative estimate of drug-likeness (QED) is 0.898. The Morgan fingerprint density at radius 2 is 1.84 bits per heavy atom. The molecule has 0 amide bonds. The molecule has 96 valence electrons. The number of hydrogen-bond donors (Lipinski definition) is 1. The molecule has 0 radical (unpaired) electrons. The maximum absolute atomic E-state index is 14.1.